The zero-order valence-electron chi connectivity index (χ0n) is 18.5. The highest BCUT2D eigenvalue weighted by Gasteiger charge is 2.16. The van der Waals surface area contributed by atoms with Crippen LogP contribution in [0.25, 0.3) is 23.0 Å². The molecule has 0 aliphatic rings. The van der Waals surface area contributed by atoms with Crippen LogP contribution in [0.5, 0.6) is 5.75 Å². The maximum atomic E-state index is 12.4. The van der Waals surface area contributed by atoms with Crippen LogP contribution >= 0.6 is 0 Å². The minimum Gasteiger partial charge on any atom is -0.494 e. The van der Waals surface area contributed by atoms with Crippen LogP contribution in [0.1, 0.15) is 18.1 Å². The van der Waals surface area contributed by atoms with Gasteiger partial charge in [-0.1, -0.05) is 18.2 Å². The van der Waals surface area contributed by atoms with Gasteiger partial charge in [-0.3, -0.25) is 4.79 Å². The molecule has 0 spiro atoms. The second-order valence-electron chi connectivity index (χ2n) is 7.04. The summed E-state index contributed by atoms with van der Waals surface area (Å²) in [7, 11) is 1.55. The molecular formula is C25H26N4O3. The van der Waals surface area contributed by atoms with Gasteiger partial charge in [0, 0.05) is 31.0 Å². The molecule has 0 aliphatic heterocycles. The molecule has 0 atom stereocenters. The van der Waals surface area contributed by atoms with E-state index < -0.39 is 5.91 Å². The van der Waals surface area contributed by atoms with Crippen molar-refractivity contribution in [1.82, 2.24) is 15.1 Å². The van der Waals surface area contributed by atoms with Crippen molar-refractivity contribution < 1.29 is 14.3 Å². The number of para-hydroxylation sites is 1. The molecule has 7 heteroatoms. The number of benzene rings is 2. The first-order valence-corrected chi connectivity index (χ1v) is 10.3. The quantitative estimate of drug-likeness (QED) is 0.316. The number of amides is 1. The van der Waals surface area contributed by atoms with Crippen molar-refractivity contribution in [2.24, 2.45) is 0 Å². The predicted octanol–water partition coefficient (Wildman–Crippen LogP) is 3.92. The molecule has 1 N–H and O–H groups in total. The van der Waals surface area contributed by atoms with Crippen molar-refractivity contribution in [2.45, 2.75) is 13.8 Å². The number of rotatable bonds is 9. The first-order chi connectivity index (χ1) is 15.6. The van der Waals surface area contributed by atoms with Gasteiger partial charge in [0.25, 0.3) is 5.91 Å². The van der Waals surface area contributed by atoms with Gasteiger partial charge < -0.3 is 14.8 Å². The molecule has 2 aromatic carbocycles. The van der Waals surface area contributed by atoms with Crippen LogP contribution in [0.15, 0.2) is 60.3 Å². The average molecular weight is 431 g/mol. The number of carbonyl (C=O) groups excluding carboxylic acids is 1. The Morgan fingerprint density at radius 3 is 2.69 bits per heavy atom. The Bertz CT molecular complexity index is 1140. The minimum absolute atomic E-state index is 0.00220. The van der Waals surface area contributed by atoms with Gasteiger partial charge in [0.15, 0.2) is 0 Å². The summed E-state index contributed by atoms with van der Waals surface area (Å²) in [5.41, 5.74) is 4.04. The number of hydrogen-bond acceptors (Lipinski definition) is 5. The van der Waals surface area contributed by atoms with E-state index in [0.717, 1.165) is 22.6 Å². The Kier molecular flexibility index (Phi) is 7.79. The van der Waals surface area contributed by atoms with Crippen molar-refractivity contribution in [3.05, 3.63) is 71.4 Å². The first kappa shape index (κ1) is 22.8. The van der Waals surface area contributed by atoms with Gasteiger partial charge in [-0.25, -0.2) is 4.68 Å². The Labute approximate surface area is 187 Å². The van der Waals surface area contributed by atoms with Crippen molar-refractivity contribution in [3.8, 4) is 28.8 Å². The third-order valence-corrected chi connectivity index (χ3v) is 4.77. The Morgan fingerprint density at radius 2 is 2.03 bits per heavy atom. The number of ether oxygens (including phenoxy) is 2. The largest absolute Gasteiger partial charge is 0.494 e. The van der Waals surface area contributed by atoms with Gasteiger partial charge in [0.05, 0.1) is 18.9 Å². The van der Waals surface area contributed by atoms with Gasteiger partial charge in [0.2, 0.25) is 0 Å². The molecule has 1 heterocycles. The van der Waals surface area contributed by atoms with Crippen LogP contribution in [-0.4, -0.2) is 42.6 Å². The molecule has 1 aromatic heterocycles. The van der Waals surface area contributed by atoms with Crippen LogP contribution in [-0.2, 0) is 9.53 Å². The number of carbonyl (C=O) groups is 1. The van der Waals surface area contributed by atoms with Gasteiger partial charge in [-0.2, -0.15) is 10.4 Å². The standard InChI is InChI=1S/C25H26N4O3/c1-4-32-23-11-10-19(14-18(23)2)24-21(15-20(16-26)25(30)27-12-13-31-3)17-29(28-24)22-8-6-5-7-9-22/h5-11,14-15,17H,4,12-13H2,1-3H3,(H,27,30). The minimum atomic E-state index is -0.453. The second kappa shape index (κ2) is 10.9. The van der Waals surface area contributed by atoms with Crippen molar-refractivity contribution in [3.63, 3.8) is 0 Å². The Hall–Kier alpha value is -3.89. The van der Waals surface area contributed by atoms with E-state index in [1.165, 1.54) is 0 Å². The Balaban J connectivity index is 2.06. The molecule has 3 rings (SSSR count). The summed E-state index contributed by atoms with van der Waals surface area (Å²) in [5.74, 6) is 0.358. The SMILES string of the molecule is CCOc1ccc(-c2nn(-c3ccccc3)cc2C=C(C#N)C(=O)NCCOC)cc1C. The number of aromatic nitrogens is 2. The topological polar surface area (TPSA) is 89.2 Å². The summed E-state index contributed by atoms with van der Waals surface area (Å²) in [6.07, 6.45) is 3.38. The maximum absolute atomic E-state index is 12.4. The summed E-state index contributed by atoms with van der Waals surface area (Å²) >= 11 is 0. The summed E-state index contributed by atoms with van der Waals surface area (Å²) in [6.45, 7) is 5.19. The van der Waals surface area contributed by atoms with Crippen molar-refractivity contribution in [1.29, 1.82) is 5.26 Å². The molecule has 0 radical (unpaired) electrons. The van der Waals surface area contributed by atoms with Gasteiger partial charge in [-0.05, 0) is 55.8 Å². The highest BCUT2D eigenvalue weighted by Crippen LogP contribution is 2.29. The zero-order chi connectivity index (χ0) is 22.9. The normalized spacial score (nSPS) is 11.1. The number of aryl methyl sites for hydroxylation is 1. The lowest BCUT2D eigenvalue weighted by Gasteiger charge is -2.09. The number of nitrogens with one attached hydrogen (secondary N) is 1. The number of nitriles is 1. The molecule has 0 aliphatic carbocycles. The molecule has 0 saturated carbocycles. The van der Waals surface area contributed by atoms with Crippen LogP contribution < -0.4 is 10.1 Å². The summed E-state index contributed by atoms with van der Waals surface area (Å²) in [6, 6.07) is 17.5. The van der Waals surface area contributed by atoms with Crippen LogP contribution in [0, 0.1) is 18.3 Å². The monoisotopic (exact) mass is 430 g/mol. The summed E-state index contributed by atoms with van der Waals surface area (Å²) in [4.78, 5) is 12.4. The van der Waals surface area contributed by atoms with E-state index in [4.69, 9.17) is 14.6 Å². The maximum Gasteiger partial charge on any atom is 0.262 e. The molecule has 3 aromatic rings. The third kappa shape index (κ3) is 5.42. The van der Waals surface area contributed by atoms with E-state index >= 15 is 0 Å². The zero-order valence-corrected chi connectivity index (χ0v) is 18.5. The molecule has 0 unspecified atom stereocenters. The predicted molar refractivity (Wildman–Crippen MR) is 123 cm³/mol. The average Bonchev–Trinajstić information content (AvgIpc) is 3.23. The molecule has 0 saturated heterocycles. The molecule has 7 nitrogen and oxygen atoms in total. The first-order valence-electron chi connectivity index (χ1n) is 10.3. The summed E-state index contributed by atoms with van der Waals surface area (Å²) < 4.78 is 12.3. The van der Waals surface area contributed by atoms with Crippen molar-refractivity contribution >= 4 is 12.0 Å². The lowest BCUT2D eigenvalue weighted by atomic mass is 10.0. The third-order valence-electron chi connectivity index (χ3n) is 4.77. The van der Waals surface area contributed by atoms with Crippen LogP contribution in [0.3, 0.4) is 0 Å². The smallest absolute Gasteiger partial charge is 0.262 e. The van der Waals surface area contributed by atoms with Crippen LogP contribution in [0.2, 0.25) is 0 Å². The van der Waals surface area contributed by atoms with E-state index in [1.54, 1.807) is 17.9 Å². The number of methoxy groups -OCH3 is 1. The molecule has 1 amide bonds. The number of hydrogen-bond donors (Lipinski definition) is 1. The fourth-order valence-electron chi connectivity index (χ4n) is 3.21. The highest BCUT2D eigenvalue weighted by molar-refractivity contribution is 6.02. The highest BCUT2D eigenvalue weighted by atomic mass is 16.5. The molecule has 32 heavy (non-hydrogen) atoms. The lowest BCUT2D eigenvalue weighted by molar-refractivity contribution is -0.117. The molecular weight excluding hydrogens is 404 g/mol. The summed E-state index contributed by atoms with van der Waals surface area (Å²) in [5, 5.41) is 17.0. The number of nitrogens with zero attached hydrogens (tertiary/aromatic N) is 3. The van der Waals surface area contributed by atoms with Gasteiger partial charge in [-0.15, -0.1) is 0 Å². The van der Waals surface area contributed by atoms with E-state index in [-0.39, 0.29) is 5.57 Å². The van der Waals surface area contributed by atoms with E-state index in [0.29, 0.717) is 31.0 Å². The second-order valence-corrected chi connectivity index (χ2v) is 7.04. The Morgan fingerprint density at radius 1 is 1.25 bits per heavy atom. The van der Waals surface area contributed by atoms with E-state index in [2.05, 4.69) is 5.32 Å². The molecule has 0 fully saturated rings. The van der Waals surface area contributed by atoms with E-state index in [1.807, 2.05) is 74.6 Å². The fraction of sp³-hybridized carbons (Fsp3) is 0.240. The lowest BCUT2D eigenvalue weighted by Crippen LogP contribution is -2.27. The van der Waals surface area contributed by atoms with Gasteiger partial charge in [0.1, 0.15) is 23.1 Å². The van der Waals surface area contributed by atoms with Crippen LogP contribution in [0.4, 0.5) is 0 Å². The van der Waals surface area contributed by atoms with E-state index in [9.17, 15) is 10.1 Å². The fourth-order valence-corrected chi connectivity index (χ4v) is 3.21. The molecule has 0 bridgehead atoms. The van der Waals surface area contributed by atoms with Gasteiger partial charge >= 0.3 is 0 Å². The molecule has 164 valence electrons. The van der Waals surface area contributed by atoms with Crippen molar-refractivity contribution in [2.75, 3.05) is 26.9 Å².